The van der Waals surface area contributed by atoms with Gasteiger partial charge in [0, 0.05) is 12.1 Å². The van der Waals surface area contributed by atoms with Gasteiger partial charge in [-0.15, -0.1) is 0 Å². The predicted octanol–water partition coefficient (Wildman–Crippen LogP) is 3.42. The average molecular weight is 275 g/mol. The fourth-order valence-corrected chi connectivity index (χ4v) is 2.34. The molecule has 1 saturated carbocycles. The molecule has 1 heterocycles. The molecule has 100 valence electrons. The molecule has 3 rings (SSSR count). The topological polar surface area (TPSA) is 42.8 Å². The zero-order chi connectivity index (χ0) is 13.2. The molecule has 1 aromatic carbocycles. The summed E-state index contributed by atoms with van der Waals surface area (Å²) in [6.07, 6.45) is 2.60. The zero-order valence-electron chi connectivity index (χ0n) is 10.9. The molecule has 1 aliphatic rings. The maximum atomic E-state index is 5.45. The summed E-state index contributed by atoms with van der Waals surface area (Å²) >= 11 is 5.31. The van der Waals surface area contributed by atoms with Crippen LogP contribution in [0.2, 0.25) is 0 Å². The van der Waals surface area contributed by atoms with Gasteiger partial charge in [0.25, 0.3) is 0 Å². The Hall–Kier alpha value is -1.62. The van der Waals surface area contributed by atoms with Gasteiger partial charge in [0.05, 0.1) is 6.61 Å². The molecule has 0 atom stereocenters. The van der Waals surface area contributed by atoms with Gasteiger partial charge in [0.15, 0.2) is 10.6 Å². The van der Waals surface area contributed by atoms with Crippen molar-refractivity contribution in [3.8, 4) is 17.1 Å². The quantitative estimate of drug-likeness (QED) is 0.850. The van der Waals surface area contributed by atoms with Gasteiger partial charge in [-0.3, -0.25) is 9.67 Å². The Labute approximate surface area is 117 Å². The highest BCUT2D eigenvalue weighted by molar-refractivity contribution is 7.71. The summed E-state index contributed by atoms with van der Waals surface area (Å²) in [4.78, 5) is 0. The van der Waals surface area contributed by atoms with Gasteiger partial charge < -0.3 is 4.74 Å². The van der Waals surface area contributed by atoms with Crippen molar-refractivity contribution in [1.29, 1.82) is 0 Å². The van der Waals surface area contributed by atoms with Crippen molar-refractivity contribution in [3.63, 3.8) is 0 Å². The number of hydrogen-bond acceptors (Lipinski definition) is 3. The fraction of sp³-hybridized carbons (Fsp3) is 0.429. The molecule has 0 bridgehead atoms. The third-order valence-corrected chi connectivity index (χ3v) is 3.63. The van der Waals surface area contributed by atoms with E-state index in [1.807, 2.05) is 31.2 Å². The highest BCUT2D eigenvalue weighted by Crippen LogP contribution is 2.32. The third-order valence-electron chi connectivity index (χ3n) is 3.32. The maximum Gasteiger partial charge on any atom is 0.195 e. The van der Waals surface area contributed by atoms with Crippen molar-refractivity contribution in [2.45, 2.75) is 26.3 Å². The van der Waals surface area contributed by atoms with Crippen LogP contribution in [0.3, 0.4) is 0 Å². The number of hydrogen-bond donors (Lipinski definition) is 1. The molecule has 4 nitrogen and oxygen atoms in total. The van der Waals surface area contributed by atoms with Gasteiger partial charge in [0.2, 0.25) is 0 Å². The van der Waals surface area contributed by atoms with Crippen LogP contribution in [-0.2, 0) is 6.54 Å². The Morgan fingerprint density at radius 2 is 2.11 bits per heavy atom. The highest BCUT2D eigenvalue weighted by Gasteiger charge is 2.23. The number of ether oxygens (including phenoxy) is 1. The Balaban J connectivity index is 1.90. The van der Waals surface area contributed by atoms with Crippen LogP contribution in [0.25, 0.3) is 11.4 Å². The van der Waals surface area contributed by atoms with E-state index in [-0.39, 0.29) is 0 Å². The van der Waals surface area contributed by atoms with Gasteiger partial charge in [-0.05, 0) is 62.2 Å². The van der Waals surface area contributed by atoms with Gasteiger partial charge >= 0.3 is 0 Å². The van der Waals surface area contributed by atoms with Crippen molar-refractivity contribution in [2.75, 3.05) is 6.61 Å². The molecule has 2 aromatic rings. The number of rotatable bonds is 5. The first-order valence-electron chi connectivity index (χ1n) is 6.66. The minimum Gasteiger partial charge on any atom is -0.494 e. The first-order valence-corrected chi connectivity index (χ1v) is 7.07. The van der Waals surface area contributed by atoms with Crippen molar-refractivity contribution < 1.29 is 4.74 Å². The lowest BCUT2D eigenvalue weighted by atomic mass is 10.2. The first-order chi connectivity index (χ1) is 9.28. The number of nitrogens with one attached hydrogen (secondary N) is 1. The Morgan fingerprint density at radius 1 is 1.37 bits per heavy atom. The van der Waals surface area contributed by atoms with Crippen molar-refractivity contribution in [3.05, 3.63) is 29.0 Å². The van der Waals surface area contributed by atoms with Crippen molar-refractivity contribution >= 4 is 12.2 Å². The fourth-order valence-electron chi connectivity index (χ4n) is 2.13. The molecule has 19 heavy (non-hydrogen) atoms. The molecule has 1 aromatic heterocycles. The molecular formula is C14H17N3OS. The molecule has 1 aliphatic carbocycles. The van der Waals surface area contributed by atoms with Crippen LogP contribution in [0.5, 0.6) is 5.75 Å². The molecule has 0 unspecified atom stereocenters. The summed E-state index contributed by atoms with van der Waals surface area (Å²) in [6, 6.07) is 7.99. The second kappa shape index (κ2) is 5.17. The SMILES string of the molecule is CCOc1ccc(-c2n[nH]c(=S)n2CC2CC2)cc1. The third kappa shape index (κ3) is 2.71. The minimum absolute atomic E-state index is 0.680. The van der Waals surface area contributed by atoms with Crippen LogP contribution >= 0.6 is 12.2 Å². The van der Waals surface area contributed by atoms with Gasteiger partial charge in [0.1, 0.15) is 5.75 Å². The van der Waals surface area contributed by atoms with E-state index in [0.717, 1.165) is 29.6 Å². The van der Waals surface area contributed by atoms with Gasteiger partial charge in [-0.2, -0.15) is 5.10 Å². The molecular weight excluding hydrogens is 258 g/mol. The minimum atomic E-state index is 0.680. The smallest absolute Gasteiger partial charge is 0.195 e. The largest absolute Gasteiger partial charge is 0.494 e. The number of benzene rings is 1. The zero-order valence-corrected chi connectivity index (χ0v) is 11.7. The normalized spacial score (nSPS) is 14.6. The number of nitrogens with zero attached hydrogens (tertiary/aromatic N) is 2. The van der Waals surface area contributed by atoms with Crippen LogP contribution < -0.4 is 4.74 Å². The van der Waals surface area contributed by atoms with E-state index in [0.29, 0.717) is 11.4 Å². The van der Waals surface area contributed by atoms with Crippen molar-refractivity contribution in [2.24, 2.45) is 5.92 Å². The number of H-pyrrole nitrogens is 1. The summed E-state index contributed by atoms with van der Waals surface area (Å²) in [5.41, 5.74) is 1.07. The number of aromatic amines is 1. The second-order valence-electron chi connectivity index (χ2n) is 4.86. The molecule has 0 aliphatic heterocycles. The lowest BCUT2D eigenvalue weighted by Gasteiger charge is -2.07. The predicted molar refractivity (Wildman–Crippen MR) is 76.7 cm³/mol. The molecule has 0 radical (unpaired) electrons. The Morgan fingerprint density at radius 3 is 2.74 bits per heavy atom. The summed E-state index contributed by atoms with van der Waals surface area (Å²) in [6.45, 7) is 3.63. The lowest BCUT2D eigenvalue weighted by Crippen LogP contribution is -2.02. The molecule has 1 N–H and O–H groups in total. The molecule has 5 heteroatoms. The molecule has 0 saturated heterocycles. The van der Waals surface area contributed by atoms with E-state index >= 15 is 0 Å². The summed E-state index contributed by atoms with van der Waals surface area (Å²) in [5, 5.41) is 7.24. The lowest BCUT2D eigenvalue weighted by molar-refractivity contribution is 0.340. The highest BCUT2D eigenvalue weighted by atomic mass is 32.1. The first kappa shape index (κ1) is 12.4. The van der Waals surface area contributed by atoms with Gasteiger partial charge in [-0.1, -0.05) is 0 Å². The molecule has 0 amide bonds. The van der Waals surface area contributed by atoms with Crippen LogP contribution in [0, 0.1) is 10.7 Å². The standard InChI is InChI=1S/C14H17N3OS/c1-2-18-12-7-5-11(6-8-12)13-15-16-14(19)17(13)9-10-3-4-10/h5-8,10H,2-4,9H2,1H3,(H,16,19). The van der Waals surface area contributed by atoms with E-state index in [4.69, 9.17) is 17.0 Å². The van der Waals surface area contributed by atoms with E-state index < -0.39 is 0 Å². The number of aromatic nitrogens is 3. The van der Waals surface area contributed by atoms with E-state index in [1.165, 1.54) is 12.8 Å². The second-order valence-corrected chi connectivity index (χ2v) is 5.25. The van der Waals surface area contributed by atoms with Crippen LogP contribution in [0.15, 0.2) is 24.3 Å². The van der Waals surface area contributed by atoms with E-state index in [2.05, 4.69) is 14.8 Å². The van der Waals surface area contributed by atoms with E-state index in [9.17, 15) is 0 Å². The Bertz CT molecular complexity index is 610. The monoisotopic (exact) mass is 275 g/mol. The summed E-state index contributed by atoms with van der Waals surface area (Å²) in [5.74, 6) is 2.57. The van der Waals surface area contributed by atoms with Crippen LogP contribution in [-0.4, -0.2) is 21.4 Å². The van der Waals surface area contributed by atoms with Crippen LogP contribution in [0.1, 0.15) is 19.8 Å². The van der Waals surface area contributed by atoms with Crippen LogP contribution in [0.4, 0.5) is 0 Å². The maximum absolute atomic E-state index is 5.45. The average Bonchev–Trinajstić information content (AvgIpc) is 3.16. The summed E-state index contributed by atoms with van der Waals surface area (Å²) < 4.78 is 8.26. The molecule has 1 fully saturated rings. The summed E-state index contributed by atoms with van der Waals surface area (Å²) in [7, 11) is 0. The Kier molecular flexibility index (Phi) is 3.38. The van der Waals surface area contributed by atoms with Gasteiger partial charge in [-0.25, -0.2) is 0 Å². The van der Waals surface area contributed by atoms with Crippen molar-refractivity contribution in [1.82, 2.24) is 14.8 Å². The van der Waals surface area contributed by atoms with E-state index in [1.54, 1.807) is 0 Å². The molecule has 0 spiro atoms.